The predicted molar refractivity (Wildman–Crippen MR) is 399 cm³/mol. The van der Waals surface area contributed by atoms with Crippen LogP contribution in [0.2, 0.25) is 0 Å². The minimum absolute atomic E-state index is 0. The number of β-amino-alcohol motifs (C(OH)–C–C–N with tert-alkyl or cyclic N) is 1. The largest absolute Gasteiger partial charge is 0.462 e. The summed E-state index contributed by atoms with van der Waals surface area (Å²) >= 11 is 0. The van der Waals surface area contributed by atoms with Gasteiger partial charge in [-0.3, -0.25) is 23.5 Å². The van der Waals surface area contributed by atoms with Crippen LogP contribution in [0.1, 0.15) is 256 Å². The zero-order chi connectivity index (χ0) is 68.6. The molecular formula is C81H130N3O12P2Y2+. The third-order valence-corrected chi connectivity index (χ3v) is 25.6. The molecule has 3 saturated carbocycles. The van der Waals surface area contributed by atoms with Crippen molar-refractivity contribution in [1.29, 1.82) is 0 Å². The fraction of sp³-hybridized carbons (Fsp3) is 0.728. The van der Waals surface area contributed by atoms with E-state index < -0.39 is 28.7 Å². The topological polar surface area (TPSA) is 170 Å². The van der Waals surface area contributed by atoms with Gasteiger partial charge in [-0.1, -0.05) is 150 Å². The number of para-hydroxylation sites is 2. The van der Waals surface area contributed by atoms with Crippen LogP contribution in [0.5, 0.6) is 0 Å². The van der Waals surface area contributed by atoms with Crippen LogP contribution in [0.15, 0.2) is 84.1 Å². The van der Waals surface area contributed by atoms with E-state index in [2.05, 4.69) is 152 Å². The molecule has 2 radical (unpaired) electrons. The number of likely N-dealkylation sites (tertiary alicyclic amines) is 1. The molecule has 100 heavy (non-hydrogen) atoms. The van der Waals surface area contributed by atoms with Gasteiger partial charge >= 0.3 is 22.5 Å². The minimum atomic E-state index is -2.89. The van der Waals surface area contributed by atoms with Gasteiger partial charge in [0.1, 0.15) is 18.4 Å². The number of Topliss-reactive ketones (excluding diaryl/α,β-unsaturated/α-hetero) is 1. The van der Waals surface area contributed by atoms with Crippen LogP contribution in [0.4, 0.5) is 11.4 Å². The van der Waals surface area contributed by atoms with Crippen LogP contribution in [0.3, 0.4) is 0 Å². The predicted octanol–water partition coefficient (Wildman–Crippen LogP) is 19.0. The summed E-state index contributed by atoms with van der Waals surface area (Å²) in [6, 6.07) is 17.0. The Balaban J connectivity index is 0.00000451. The number of aliphatic hydroxyl groups is 1. The van der Waals surface area contributed by atoms with Gasteiger partial charge in [-0.2, -0.15) is 4.58 Å². The first-order chi connectivity index (χ1) is 46.1. The summed E-state index contributed by atoms with van der Waals surface area (Å²) in [5.41, 5.74) is 9.85. The van der Waals surface area contributed by atoms with Crippen molar-refractivity contribution >= 4 is 51.3 Å². The number of aliphatic hydroxyl groups excluding tert-OH is 1. The first kappa shape index (κ1) is 88.8. The number of ketones is 1. The number of nitrogens with zero attached hydrogens (tertiary/aromatic N) is 3. The van der Waals surface area contributed by atoms with Gasteiger partial charge in [0.2, 0.25) is 11.6 Å². The second kappa shape index (κ2) is 42.1. The molecule has 4 fully saturated rings. The number of allylic oxidation sites excluding steroid dienone is 5. The summed E-state index contributed by atoms with van der Waals surface area (Å²) in [6.07, 6.45) is 31.2. The minimum Gasteiger partial charge on any atom is -0.462 e. The summed E-state index contributed by atoms with van der Waals surface area (Å²) < 4.78 is 60.7. The van der Waals surface area contributed by atoms with Crippen molar-refractivity contribution < 1.29 is 126 Å². The average molecular weight is 1580 g/mol. The Morgan fingerprint density at radius 3 is 2.11 bits per heavy atom. The van der Waals surface area contributed by atoms with Crippen molar-refractivity contribution in [3.8, 4) is 0 Å². The SMILES string of the molecule is C.C.CCN1C(=CC=CC2=[N+](CCCCCC(=O)CCCOCCO[PH](=O)OCCCO[PH](=O)OC[C@@H]3C[C@@H](O)CN3C(=O)CCCCCCC(=O)O[C@H]3CC[C@@]4(C)C(=CCC5C4CC[C@@]4(C)C5CC[C@@H]4[C@@H](C)CCCC(C)C)C3)c3ccccc3C2(C)C)C(C)(C)c2ccccc21.[Y].[Y]. The monoisotopic (exact) mass is 1580 g/mol. The van der Waals surface area contributed by atoms with Gasteiger partial charge in [-0.05, 0) is 175 Å². The normalized spacial score (nSPS) is 26.7. The third-order valence-electron chi connectivity index (χ3n) is 23.9. The van der Waals surface area contributed by atoms with Gasteiger partial charge in [-0.15, -0.1) is 0 Å². The molecule has 0 spiro atoms. The fourth-order valence-corrected chi connectivity index (χ4v) is 20.0. The number of carbonyl (C=O) groups is 3. The first-order valence-electron chi connectivity index (χ1n) is 37.6. The van der Waals surface area contributed by atoms with Crippen molar-refractivity contribution in [2.45, 2.75) is 274 Å². The fourth-order valence-electron chi connectivity index (χ4n) is 18.7. The van der Waals surface area contributed by atoms with Crippen molar-refractivity contribution in [2.24, 2.45) is 46.3 Å². The molecule has 1 amide bonds. The summed E-state index contributed by atoms with van der Waals surface area (Å²) in [7, 11) is -5.66. The van der Waals surface area contributed by atoms with Crippen molar-refractivity contribution in [2.75, 3.05) is 64.2 Å². The number of anilines is 1. The number of esters is 1. The van der Waals surface area contributed by atoms with E-state index in [1.165, 1.54) is 85.3 Å². The second-order valence-electron chi connectivity index (χ2n) is 31.4. The van der Waals surface area contributed by atoms with Gasteiger partial charge in [-0.25, -0.2) is 0 Å². The summed E-state index contributed by atoms with van der Waals surface area (Å²) in [4.78, 5) is 43.3. The molecule has 15 nitrogen and oxygen atoms in total. The molecule has 0 aromatic heterocycles. The zero-order valence-corrected chi connectivity index (χ0v) is 69.3. The molecule has 4 aliphatic carbocycles. The van der Waals surface area contributed by atoms with Crippen LogP contribution in [0.25, 0.3) is 0 Å². The molecule has 2 aromatic carbocycles. The van der Waals surface area contributed by atoms with E-state index in [1.54, 1.807) is 10.5 Å². The Hall–Kier alpha value is -1.83. The molecule has 7 aliphatic rings. The molecule has 12 atom stereocenters. The molecule has 1 saturated heterocycles. The quantitative estimate of drug-likeness (QED) is 0.0221. The van der Waals surface area contributed by atoms with E-state index in [0.717, 1.165) is 106 Å². The van der Waals surface area contributed by atoms with E-state index in [-0.39, 0.29) is 160 Å². The molecular weight excluding hydrogens is 1450 g/mol. The van der Waals surface area contributed by atoms with Crippen molar-refractivity contribution in [3.63, 3.8) is 0 Å². The molecule has 2 aromatic rings. The Bertz CT molecular complexity index is 3120. The molecule has 556 valence electrons. The molecule has 19 heteroatoms. The number of unbranched alkanes of at least 4 members (excludes halogenated alkanes) is 5. The van der Waals surface area contributed by atoms with Crippen LogP contribution >= 0.6 is 16.5 Å². The Kier molecular flexibility index (Phi) is 37.3. The van der Waals surface area contributed by atoms with Gasteiger partial charge in [0, 0.05) is 158 Å². The van der Waals surface area contributed by atoms with Gasteiger partial charge < -0.3 is 42.5 Å². The summed E-state index contributed by atoms with van der Waals surface area (Å²) in [6.45, 7) is 26.8. The van der Waals surface area contributed by atoms with Gasteiger partial charge in [0.05, 0.1) is 50.6 Å². The van der Waals surface area contributed by atoms with Crippen LogP contribution in [-0.2, 0) is 127 Å². The van der Waals surface area contributed by atoms with Crippen LogP contribution in [0, 0.1) is 46.3 Å². The number of amides is 1. The van der Waals surface area contributed by atoms with E-state index in [9.17, 15) is 28.6 Å². The molecule has 1 N–H and O–H groups in total. The Morgan fingerprint density at radius 2 is 1.37 bits per heavy atom. The standard InChI is InChI=1S/C79H122N3O12P2.2CH4.2Y/c1-11-80-70-33-20-18-31-68(70)76(5,6)72(80)35-24-36-73-77(7,8)69-32-19-21-34-71(69)81(73)47-22-14-15-29-61(83)30-25-48-89-51-52-92-95(87)90-49-26-50-91-96(88)93-56-60-54-62(84)55-82(60)74(85)37-16-12-13-17-38-75(86)94-63-43-45-78(9)59(53-63)39-40-64-66-42-41-65(58(4)28-23-27-57(2)3)79(66,10)46-44-67(64)78;;;;/h18-21,24,31-36,39,57-58,60,62-67,84,95-96H,11-17,22-23,25-30,37-38,40-56H2,1-10H3;2*1H4;;/q+1;;;;/t58-,60-,62+,63-,64?,65+,66?,67?,78-,79+;;;;/m0..../s1. The van der Waals surface area contributed by atoms with E-state index >= 15 is 0 Å². The number of fused-ring (bicyclic) bond motifs is 7. The maximum atomic E-state index is 13.3. The summed E-state index contributed by atoms with van der Waals surface area (Å²) in [5, 5.41) is 10.5. The number of hydrogen-bond donors (Lipinski definition) is 1. The van der Waals surface area contributed by atoms with Gasteiger partial charge in [0.15, 0.2) is 5.71 Å². The zero-order valence-electron chi connectivity index (χ0n) is 61.6. The smallest absolute Gasteiger partial charge is 0.319 e. The molecule has 0 bridgehead atoms. The van der Waals surface area contributed by atoms with E-state index in [4.69, 9.17) is 27.6 Å². The average Bonchev–Trinajstić information content (AvgIpc) is 1.29. The molecule has 3 aliphatic heterocycles. The summed E-state index contributed by atoms with van der Waals surface area (Å²) in [5.74, 6) is 4.88. The maximum Gasteiger partial charge on any atom is 0.319 e. The second-order valence-corrected chi connectivity index (χ2v) is 33.6. The molecule has 5 unspecified atom stereocenters. The number of hydrogen-bond acceptors (Lipinski definition) is 13. The number of likely N-dealkylation sites (N-methyl/N-ethyl adjacent to an activating group) is 1. The van der Waals surface area contributed by atoms with Gasteiger partial charge in [0.25, 0.3) is 0 Å². The van der Waals surface area contributed by atoms with Crippen molar-refractivity contribution in [3.05, 3.63) is 95.2 Å². The van der Waals surface area contributed by atoms with Crippen LogP contribution < -0.4 is 4.90 Å². The van der Waals surface area contributed by atoms with Crippen molar-refractivity contribution in [1.82, 2.24) is 4.90 Å². The Morgan fingerprint density at radius 1 is 0.700 bits per heavy atom. The number of benzene rings is 2. The number of carbonyl (C=O) groups excluding carboxylic acids is 3. The van der Waals surface area contributed by atoms with Crippen LogP contribution in [-0.4, -0.2) is 115 Å². The molecule has 9 rings (SSSR count). The third kappa shape index (κ3) is 22.6. The van der Waals surface area contributed by atoms with E-state index in [0.29, 0.717) is 63.4 Å². The molecule has 3 heterocycles. The number of rotatable bonds is 39. The first-order valence-corrected chi connectivity index (χ1v) is 40.1. The van der Waals surface area contributed by atoms with E-state index in [1.807, 2.05) is 0 Å². The Labute approximate surface area is 656 Å². The number of ether oxygens (including phenoxy) is 2. The maximum absolute atomic E-state index is 13.3.